The van der Waals surface area contributed by atoms with Crippen molar-refractivity contribution < 1.29 is 0 Å². The molecule has 1 aliphatic rings. The highest BCUT2D eigenvalue weighted by molar-refractivity contribution is 5.24. The summed E-state index contributed by atoms with van der Waals surface area (Å²) >= 11 is 0. The summed E-state index contributed by atoms with van der Waals surface area (Å²) in [4.78, 5) is 2.55. The fourth-order valence-electron chi connectivity index (χ4n) is 3.05. The van der Waals surface area contributed by atoms with Gasteiger partial charge in [-0.05, 0) is 37.9 Å². The van der Waals surface area contributed by atoms with Gasteiger partial charge in [-0.2, -0.15) is 0 Å². The van der Waals surface area contributed by atoms with Crippen LogP contribution in [0.4, 0.5) is 0 Å². The molecular weight excluding hydrogens is 220 g/mol. The Hall–Kier alpha value is -0.860. The zero-order chi connectivity index (χ0) is 12.8. The summed E-state index contributed by atoms with van der Waals surface area (Å²) in [5.41, 5.74) is 7.84. The molecule has 0 spiro atoms. The minimum absolute atomic E-state index is 0.173. The molecule has 18 heavy (non-hydrogen) atoms. The molecule has 1 saturated heterocycles. The van der Waals surface area contributed by atoms with Gasteiger partial charge in [0.1, 0.15) is 0 Å². The van der Waals surface area contributed by atoms with Gasteiger partial charge in [0.25, 0.3) is 0 Å². The highest BCUT2D eigenvalue weighted by Gasteiger charge is 2.29. The first-order valence-electron chi connectivity index (χ1n) is 7.31. The van der Waals surface area contributed by atoms with Crippen LogP contribution in [-0.4, -0.2) is 24.5 Å². The topological polar surface area (TPSA) is 29.3 Å². The summed E-state index contributed by atoms with van der Waals surface area (Å²) in [6.07, 6.45) is 6.24. The van der Waals surface area contributed by atoms with Crippen LogP contribution < -0.4 is 5.73 Å². The highest BCUT2D eigenvalue weighted by atomic mass is 15.1. The molecule has 0 bridgehead atoms. The molecule has 1 fully saturated rings. The van der Waals surface area contributed by atoms with E-state index in [0.717, 1.165) is 19.4 Å². The third-order valence-corrected chi connectivity index (χ3v) is 4.00. The zero-order valence-corrected chi connectivity index (χ0v) is 11.6. The van der Waals surface area contributed by atoms with E-state index in [2.05, 4.69) is 42.2 Å². The number of likely N-dealkylation sites (tertiary alicyclic amines) is 1. The lowest BCUT2D eigenvalue weighted by Gasteiger charge is -2.37. The van der Waals surface area contributed by atoms with Crippen LogP contribution in [-0.2, 0) is 5.54 Å². The lowest BCUT2D eigenvalue weighted by molar-refractivity contribution is 0.171. The maximum atomic E-state index is 6.72. The van der Waals surface area contributed by atoms with Crippen LogP contribution in [0.25, 0.3) is 0 Å². The summed E-state index contributed by atoms with van der Waals surface area (Å²) in [5, 5.41) is 0. The van der Waals surface area contributed by atoms with Crippen molar-refractivity contribution in [3.63, 3.8) is 0 Å². The minimum Gasteiger partial charge on any atom is -0.320 e. The first-order valence-corrected chi connectivity index (χ1v) is 7.31. The van der Waals surface area contributed by atoms with Crippen molar-refractivity contribution in [3.8, 4) is 0 Å². The van der Waals surface area contributed by atoms with Gasteiger partial charge in [0.05, 0.1) is 5.54 Å². The maximum absolute atomic E-state index is 6.72. The van der Waals surface area contributed by atoms with E-state index >= 15 is 0 Å². The average molecular weight is 246 g/mol. The van der Waals surface area contributed by atoms with E-state index in [0.29, 0.717) is 0 Å². The molecule has 1 aliphatic heterocycles. The van der Waals surface area contributed by atoms with Crippen molar-refractivity contribution in [2.75, 3.05) is 19.6 Å². The monoisotopic (exact) mass is 246 g/mol. The lowest BCUT2D eigenvalue weighted by atomic mass is 9.85. The third-order valence-electron chi connectivity index (χ3n) is 4.00. The Morgan fingerprint density at radius 1 is 1.11 bits per heavy atom. The Morgan fingerprint density at radius 2 is 1.78 bits per heavy atom. The standard InChI is InChI=1S/C16H26N2/c1-2-11-16(17,15-9-5-3-6-10-15)14-18-12-7-4-8-13-18/h3,5-6,9-10H,2,4,7-8,11-14,17H2,1H3. The van der Waals surface area contributed by atoms with E-state index in [1.165, 1.54) is 37.9 Å². The summed E-state index contributed by atoms with van der Waals surface area (Å²) in [6.45, 7) is 5.66. The van der Waals surface area contributed by atoms with Gasteiger partial charge < -0.3 is 10.6 Å². The SMILES string of the molecule is CCCC(N)(CN1CCCCC1)c1ccccc1. The van der Waals surface area contributed by atoms with Crippen molar-refractivity contribution in [2.45, 2.75) is 44.6 Å². The fraction of sp³-hybridized carbons (Fsp3) is 0.625. The van der Waals surface area contributed by atoms with Gasteiger partial charge in [0.2, 0.25) is 0 Å². The molecule has 0 aliphatic carbocycles. The van der Waals surface area contributed by atoms with Crippen LogP contribution in [0.1, 0.15) is 44.6 Å². The Kier molecular flexibility index (Phi) is 4.79. The van der Waals surface area contributed by atoms with Crippen molar-refractivity contribution in [1.29, 1.82) is 0 Å². The van der Waals surface area contributed by atoms with E-state index in [1.807, 2.05) is 0 Å². The predicted molar refractivity (Wildman–Crippen MR) is 77.5 cm³/mol. The second kappa shape index (κ2) is 6.35. The van der Waals surface area contributed by atoms with E-state index in [1.54, 1.807) is 0 Å². The van der Waals surface area contributed by atoms with Gasteiger partial charge in [0.15, 0.2) is 0 Å². The van der Waals surface area contributed by atoms with Crippen molar-refractivity contribution in [1.82, 2.24) is 4.90 Å². The summed E-state index contributed by atoms with van der Waals surface area (Å²) in [6, 6.07) is 10.6. The van der Waals surface area contributed by atoms with Crippen LogP contribution >= 0.6 is 0 Å². The number of piperidine rings is 1. The summed E-state index contributed by atoms with van der Waals surface area (Å²) in [7, 11) is 0. The zero-order valence-electron chi connectivity index (χ0n) is 11.6. The van der Waals surface area contributed by atoms with Gasteiger partial charge in [-0.25, -0.2) is 0 Å². The molecule has 0 radical (unpaired) electrons. The molecule has 2 nitrogen and oxygen atoms in total. The average Bonchev–Trinajstić information content (AvgIpc) is 2.41. The molecule has 1 heterocycles. The van der Waals surface area contributed by atoms with Crippen molar-refractivity contribution >= 4 is 0 Å². The Bertz CT molecular complexity index is 343. The van der Waals surface area contributed by atoms with E-state index in [9.17, 15) is 0 Å². The van der Waals surface area contributed by atoms with Gasteiger partial charge in [-0.15, -0.1) is 0 Å². The number of hydrogen-bond donors (Lipinski definition) is 1. The number of nitrogens with two attached hydrogens (primary N) is 1. The number of hydrogen-bond acceptors (Lipinski definition) is 2. The molecule has 100 valence electrons. The summed E-state index contributed by atoms with van der Waals surface area (Å²) in [5.74, 6) is 0. The van der Waals surface area contributed by atoms with E-state index < -0.39 is 0 Å². The van der Waals surface area contributed by atoms with Crippen LogP contribution in [0.3, 0.4) is 0 Å². The predicted octanol–water partition coefficient (Wildman–Crippen LogP) is 3.13. The van der Waals surface area contributed by atoms with Crippen molar-refractivity contribution in [2.24, 2.45) is 5.73 Å². The van der Waals surface area contributed by atoms with Crippen molar-refractivity contribution in [3.05, 3.63) is 35.9 Å². The van der Waals surface area contributed by atoms with E-state index in [-0.39, 0.29) is 5.54 Å². The van der Waals surface area contributed by atoms with Crippen LogP contribution in [0.15, 0.2) is 30.3 Å². The second-order valence-electron chi connectivity index (χ2n) is 5.61. The molecule has 2 heteroatoms. The van der Waals surface area contributed by atoms with Gasteiger partial charge in [-0.1, -0.05) is 50.1 Å². The number of benzene rings is 1. The molecule has 2 N–H and O–H groups in total. The molecule has 0 amide bonds. The van der Waals surface area contributed by atoms with Gasteiger partial charge in [-0.3, -0.25) is 0 Å². The molecule has 1 aromatic carbocycles. The van der Waals surface area contributed by atoms with Crippen LogP contribution in [0, 0.1) is 0 Å². The first-order chi connectivity index (χ1) is 8.74. The number of rotatable bonds is 5. The van der Waals surface area contributed by atoms with Gasteiger partial charge in [0, 0.05) is 6.54 Å². The molecule has 1 aromatic rings. The quantitative estimate of drug-likeness (QED) is 0.865. The molecule has 0 saturated carbocycles. The smallest absolute Gasteiger partial charge is 0.0538 e. The number of nitrogens with zero attached hydrogens (tertiary/aromatic N) is 1. The molecule has 2 rings (SSSR count). The lowest BCUT2D eigenvalue weighted by Crippen LogP contribution is -2.49. The Labute approximate surface area is 111 Å². The van der Waals surface area contributed by atoms with Crippen LogP contribution in [0.2, 0.25) is 0 Å². The minimum atomic E-state index is -0.173. The van der Waals surface area contributed by atoms with Gasteiger partial charge >= 0.3 is 0 Å². The Morgan fingerprint density at radius 3 is 2.39 bits per heavy atom. The molecular formula is C16H26N2. The largest absolute Gasteiger partial charge is 0.320 e. The third kappa shape index (κ3) is 3.33. The van der Waals surface area contributed by atoms with Crippen LogP contribution in [0.5, 0.6) is 0 Å². The maximum Gasteiger partial charge on any atom is 0.0538 e. The molecule has 1 unspecified atom stereocenters. The first kappa shape index (κ1) is 13.6. The highest BCUT2D eigenvalue weighted by Crippen LogP contribution is 2.26. The fourth-order valence-corrected chi connectivity index (χ4v) is 3.05. The Balaban J connectivity index is 2.10. The second-order valence-corrected chi connectivity index (χ2v) is 5.61. The summed E-state index contributed by atoms with van der Waals surface area (Å²) < 4.78 is 0. The molecule has 1 atom stereocenters. The molecule has 0 aromatic heterocycles. The normalized spacial score (nSPS) is 20.6. The van der Waals surface area contributed by atoms with E-state index in [4.69, 9.17) is 5.73 Å².